The SMILES string of the molecule is COC(=O)c1cc([N+](=O)[O-])c(=O)n(CC(=O)NC(=O)NC(C)C2CC3CCC2C3)c1. The van der Waals surface area contributed by atoms with Gasteiger partial charge in [-0.25, -0.2) is 9.59 Å². The Bertz CT molecular complexity index is 941. The topological polar surface area (TPSA) is 150 Å². The van der Waals surface area contributed by atoms with E-state index in [0.29, 0.717) is 16.4 Å². The van der Waals surface area contributed by atoms with Crippen LogP contribution in [0.2, 0.25) is 0 Å². The number of pyridine rings is 1. The largest absolute Gasteiger partial charge is 0.465 e. The number of rotatable bonds is 6. The predicted octanol–water partition coefficient (Wildman–Crippen LogP) is 1.19. The second-order valence-corrected chi connectivity index (χ2v) is 7.94. The number of nitro groups is 1. The van der Waals surface area contributed by atoms with Crippen molar-refractivity contribution >= 4 is 23.6 Å². The fourth-order valence-electron chi connectivity index (χ4n) is 4.67. The van der Waals surface area contributed by atoms with Crippen LogP contribution in [-0.4, -0.2) is 40.5 Å². The molecule has 2 fully saturated rings. The summed E-state index contributed by atoms with van der Waals surface area (Å²) in [6.45, 7) is 1.24. The molecule has 30 heavy (non-hydrogen) atoms. The molecule has 3 amide bonds. The highest BCUT2D eigenvalue weighted by molar-refractivity contribution is 5.94. The van der Waals surface area contributed by atoms with E-state index in [1.54, 1.807) is 0 Å². The van der Waals surface area contributed by atoms with Crippen LogP contribution in [-0.2, 0) is 16.1 Å². The van der Waals surface area contributed by atoms with E-state index in [0.717, 1.165) is 31.7 Å². The quantitative estimate of drug-likeness (QED) is 0.399. The van der Waals surface area contributed by atoms with Crippen LogP contribution < -0.4 is 16.2 Å². The van der Waals surface area contributed by atoms with Crippen molar-refractivity contribution in [1.82, 2.24) is 15.2 Å². The second-order valence-electron chi connectivity index (χ2n) is 7.94. The Morgan fingerprint density at radius 1 is 1.33 bits per heavy atom. The molecule has 2 aliphatic rings. The lowest BCUT2D eigenvalue weighted by Crippen LogP contribution is -2.48. The highest BCUT2D eigenvalue weighted by Gasteiger charge is 2.42. The fourth-order valence-corrected chi connectivity index (χ4v) is 4.67. The molecule has 0 radical (unpaired) electrons. The van der Waals surface area contributed by atoms with Crippen molar-refractivity contribution in [3.8, 4) is 0 Å². The van der Waals surface area contributed by atoms with E-state index >= 15 is 0 Å². The molecule has 0 saturated heterocycles. The monoisotopic (exact) mass is 420 g/mol. The molecule has 0 aliphatic heterocycles. The zero-order chi connectivity index (χ0) is 22.0. The predicted molar refractivity (Wildman–Crippen MR) is 104 cm³/mol. The first-order chi connectivity index (χ1) is 14.2. The minimum atomic E-state index is -1.07. The normalized spacial score (nSPS) is 22.9. The van der Waals surface area contributed by atoms with Crippen LogP contribution >= 0.6 is 0 Å². The summed E-state index contributed by atoms with van der Waals surface area (Å²) in [5, 5.41) is 16.0. The van der Waals surface area contributed by atoms with Gasteiger partial charge in [-0.1, -0.05) is 6.42 Å². The number of hydrogen-bond acceptors (Lipinski definition) is 7. The van der Waals surface area contributed by atoms with Crippen molar-refractivity contribution in [1.29, 1.82) is 0 Å². The summed E-state index contributed by atoms with van der Waals surface area (Å²) >= 11 is 0. The third-order valence-corrected chi connectivity index (χ3v) is 6.05. The molecular formula is C19H24N4O7. The molecule has 1 aromatic heterocycles. The molecule has 1 aromatic rings. The minimum absolute atomic E-state index is 0.0976. The molecule has 11 heteroatoms. The van der Waals surface area contributed by atoms with Gasteiger partial charge in [-0.3, -0.25) is 29.6 Å². The lowest BCUT2D eigenvalue weighted by molar-refractivity contribution is -0.386. The average molecular weight is 420 g/mol. The maximum atomic E-state index is 12.2. The Hall–Kier alpha value is -3.24. The molecule has 0 spiro atoms. The van der Waals surface area contributed by atoms with Crippen molar-refractivity contribution in [2.75, 3.05) is 7.11 Å². The number of methoxy groups -OCH3 is 1. The number of aromatic nitrogens is 1. The maximum Gasteiger partial charge on any atom is 0.339 e. The molecule has 1 heterocycles. The van der Waals surface area contributed by atoms with Crippen LogP contribution in [0.4, 0.5) is 10.5 Å². The lowest BCUT2D eigenvalue weighted by Gasteiger charge is -2.28. The zero-order valence-corrected chi connectivity index (χ0v) is 16.8. The van der Waals surface area contributed by atoms with E-state index in [4.69, 9.17) is 0 Å². The van der Waals surface area contributed by atoms with Crippen LogP contribution in [0.15, 0.2) is 17.1 Å². The molecule has 2 N–H and O–H groups in total. The molecule has 2 aliphatic carbocycles. The number of amides is 3. The standard InChI is InChI=1S/C19H24N4O7/c1-10(14-6-11-3-4-12(14)5-11)20-19(27)21-16(24)9-22-8-13(18(26)30-2)7-15(17(22)25)23(28)29/h7-8,10-12,14H,3-6,9H2,1-2H3,(H2,20,21,24,27). The van der Waals surface area contributed by atoms with Crippen LogP contribution in [0.5, 0.6) is 0 Å². The van der Waals surface area contributed by atoms with Gasteiger partial charge in [0.25, 0.3) is 0 Å². The summed E-state index contributed by atoms with van der Waals surface area (Å²) < 4.78 is 5.21. The summed E-state index contributed by atoms with van der Waals surface area (Å²) in [7, 11) is 1.08. The zero-order valence-electron chi connectivity index (χ0n) is 16.8. The van der Waals surface area contributed by atoms with Gasteiger partial charge in [-0.15, -0.1) is 0 Å². The van der Waals surface area contributed by atoms with Crippen molar-refractivity contribution in [2.45, 2.75) is 45.2 Å². The number of urea groups is 1. The average Bonchev–Trinajstić information content (AvgIpc) is 3.32. The molecule has 2 bridgehead atoms. The molecule has 162 valence electrons. The highest BCUT2D eigenvalue weighted by Crippen LogP contribution is 2.49. The molecule has 3 rings (SSSR count). The number of ether oxygens (including phenoxy) is 1. The molecule has 0 aromatic carbocycles. The van der Waals surface area contributed by atoms with Gasteiger partial charge in [0, 0.05) is 18.3 Å². The number of imide groups is 1. The van der Waals surface area contributed by atoms with E-state index in [9.17, 15) is 29.3 Å². The number of esters is 1. The van der Waals surface area contributed by atoms with E-state index in [2.05, 4.69) is 15.4 Å². The van der Waals surface area contributed by atoms with Crippen molar-refractivity contribution < 1.29 is 24.0 Å². The van der Waals surface area contributed by atoms with Gasteiger partial charge in [0.1, 0.15) is 6.54 Å². The van der Waals surface area contributed by atoms with E-state index < -0.39 is 40.6 Å². The number of carbonyl (C=O) groups is 3. The Morgan fingerprint density at radius 3 is 2.63 bits per heavy atom. The van der Waals surface area contributed by atoms with Crippen LogP contribution in [0.1, 0.15) is 43.0 Å². The van der Waals surface area contributed by atoms with Gasteiger partial charge in [-0.2, -0.15) is 0 Å². The van der Waals surface area contributed by atoms with Crippen LogP contribution in [0.25, 0.3) is 0 Å². The van der Waals surface area contributed by atoms with Crippen molar-refractivity contribution in [3.05, 3.63) is 38.3 Å². The van der Waals surface area contributed by atoms with E-state index in [-0.39, 0.29) is 11.6 Å². The van der Waals surface area contributed by atoms with Gasteiger partial charge >= 0.3 is 23.2 Å². The number of carbonyl (C=O) groups excluding carboxylic acids is 3. The summed E-state index contributed by atoms with van der Waals surface area (Å²) in [6.07, 6.45) is 5.65. The maximum absolute atomic E-state index is 12.2. The third-order valence-electron chi connectivity index (χ3n) is 6.05. The third kappa shape index (κ3) is 4.50. The Kier molecular flexibility index (Phi) is 6.18. The second kappa shape index (κ2) is 8.64. The van der Waals surface area contributed by atoms with Gasteiger partial charge in [0.15, 0.2) is 0 Å². The number of hydrogen-bond donors (Lipinski definition) is 2. The summed E-state index contributed by atoms with van der Waals surface area (Å²) in [4.78, 5) is 58.4. The minimum Gasteiger partial charge on any atom is -0.465 e. The van der Waals surface area contributed by atoms with Gasteiger partial charge < -0.3 is 10.1 Å². The molecule has 2 saturated carbocycles. The van der Waals surface area contributed by atoms with Crippen molar-refractivity contribution in [3.63, 3.8) is 0 Å². The summed E-state index contributed by atoms with van der Waals surface area (Å²) in [6, 6.07) is -0.00627. The lowest BCUT2D eigenvalue weighted by atomic mass is 9.84. The summed E-state index contributed by atoms with van der Waals surface area (Å²) in [5.41, 5.74) is -2.20. The van der Waals surface area contributed by atoms with Gasteiger partial charge in [0.2, 0.25) is 5.91 Å². The van der Waals surface area contributed by atoms with E-state index in [1.165, 1.54) is 19.3 Å². The number of fused-ring (bicyclic) bond motifs is 2. The molecule has 4 atom stereocenters. The highest BCUT2D eigenvalue weighted by atomic mass is 16.6. The number of nitrogens with zero attached hydrogens (tertiary/aromatic N) is 2. The first-order valence-electron chi connectivity index (χ1n) is 9.77. The van der Waals surface area contributed by atoms with Crippen LogP contribution in [0.3, 0.4) is 0 Å². The molecular weight excluding hydrogens is 396 g/mol. The van der Waals surface area contributed by atoms with Gasteiger partial charge in [0.05, 0.1) is 17.6 Å². The summed E-state index contributed by atoms with van der Waals surface area (Å²) in [5.74, 6) is -0.0396. The first-order valence-corrected chi connectivity index (χ1v) is 9.77. The fraction of sp³-hybridized carbons (Fsp3) is 0.579. The van der Waals surface area contributed by atoms with Gasteiger partial charge in [-0.05, 0) is 43.9 Å². The smallest absolute Gasteiger partial charge is 0.339 e. The number of nitrogens with one attached hydrogen (secondary N) is 2. The first kappa shape index (κ1) is 21.5. The molecule has 11 nitrogen and oxygen atoms in total. The Balaban J connectivity index is 1.64. The Morgan fingerprint density at radius 2 is 2.07 bits per heavy atom. The van der Waals surface area contributed by atoms with E-state index in [1.807, 2.05) is 6.92 Å². The Labute approximate surface area is 171 Å². The van der Waals surface area contributed by atoms with Crippen LogP contribution in [0, 0.1) is 27.9 Å². The molecule has 4 unspecified atom stereocenters. The van der Waals surface area contributed by atoms with Crippen molar-refractivity contribution in [2.24, 2.45) is 17.8 Å².